The zero-order chi connectivity index (χ0) is 63.9. The number of para-hydroxylation sites is 3. The third kappa shape index (κ3) is 14.4. The summed E-state index contributed by atoms with van der Waals surface area (Å²) in [6.45, 7) is 19.9. The minimum Gasteiger partial charge on any atom is -0.507 e. The number of nitrogens with two attached hydrogens (primary N) is 1. The van der Waals surface area contributed by atoms with Gasteiger partial charge in [0.15, 0.2) is 23.1 Å². The normalized spacial score (nSPS) is 12.1. The van der Waals surface area contributed by atoms with Crippen molar-refractivity contribution in [3.05, 3.63) is 268 Å². The standard InChI is InChI=1S/C26H23N3O4.C13H14O.2C13H12O.C12H13NO/c1-3-16-8-6-9-18-17(16)14-15-22(24(18)30)29-28-21-12-7-10-19(25(21)31)26(32)27-20-11-4-5-13-23(20)33-2;2*1-3-10-5-4-6-12-11(10)8-7-9(2)13(12)14;1-3-10-8-9(2)13(14)12-7-5-4-6-11(10)12;1-2-8-7-11(13)12(14)10-6-4-3-5-9(8)10/h4-15,30-31H,3H2,1-2H3,(H,27,32);4-8,14H,3H2,1-2H3;2*4-8H,2-3H2,1H3;3-7,14H,2,13H2,1H3. The number of hydrogen-bond donors (Lipinski definition) is 6. The zero-order valence-corrected chi connectivity index (χ0v) is 51.3. The average Bonchev–Trinajstić information content (AvgIpc) is 2.66. The first-order valence-electron chi connectivity index (χ1n) is 29.7. The second-order valence-electron chi connectivity index (χ2n) is 21.1. The molecule has 0 heterocycles. The van der Waals surface area contributed by atoms with Gasteiger partial charge < -0.3 is 36.2 Å². The van der Waals surface area contributed by atoms with Crippen LogP contribution in [0, 0.1) is 6.92 Å². The number of anilines is 2. The summed E-state index contributed by atoms with van der Waals surface area (Å²) < 4.78 is 5.25. The van der Waals surface area contributed by atoms with Crippen molar-refractivity contribution < 1.29 is 39.5 Å². The number of Topliss-reactive ketones (excluding diaryl/α,β-unsaturated/α-hetero) is 2. The summed E-state index contributed by atoms with van der Waals surface area (Å²) in [7, 11) is 1.51. The number of phenolic OH excluding ortho intramolecular Hbond substituents is 4. The lowest BCUT2D eigenvalue weighted by atomic mass is 9.86. The van der Waals surface area contributed by atoms with Crippen LogP contribution >= 0.6 is 0 Å². The largest absolute Gasteiger partial charge is 0.507 e. The molecule has 12 nitrogen and oxygen atoms in total. The third-order valence-corrected chi connectivity index (χ3v) is 15.7. The quantitative estimate of drug-likeness (QED) is 0.0333. The highest BCUT2D eigenvalue weighted by molar-refractivity contribution is 6.16. The molecule has 0 saturated heterocycles. The molecule has 0 fully saturated rings. The number of phenols is 4. The summed E-state index contributed by atoms with van der Waals surface area (Å²) in [5.41, 5.74) is 18.9. The summed E-state index contributed by atoms with van der Waals surface area (Å²) >= 11 is 0. The maximum absolute atomic E-state index is 12.8. The molecule has 0 aliphatic heterocycles. The molecular formula is C77H74N4O8. The molecule has 0 spiro atoms. The lowest BCUT2D eigenvalue weighted by molar-refractivity contribution is 0.101. The Hall–Kier alpha value is -10.9. The van der Waals surface area contributed by atoms with Gasteiger partial charge in [-0.15, -0.1) is 10.2 Å². The number of nitrogens with one attached hydrogen (secondary N) is 1. The van der Waals surface area contributed by atoms with Crippen molar-refractivity contribution in [2.75, 3.05) is 18.2 Å². The summed E-state index contributed by atoms with van der Waals surface area (Å²) in [4.78, 5) is 36.2. The van der Waals surface area contributed by atoms with Gasteiger partial charge in [0.25, 0.3) is 5.91 Å². The maximum atomic E-state index is 12.8. The molecule has 12 heteroatoms. The number of fused-ring (bicyclic) bond motifs is 5. The second kappa shape index (κ2) is 29.5. The monoisotopic (exact) mass is 1180 g/mol. The molecule has 89 heavy (non-hydrogen) atoms. The Bertz CT molecular complexity index is 4420. The van der Waals surface area contributed by atoms with Gasteiger partial charge in [0, 0.05) is 38.4 Å². The number of ketones is 2. The number of aryl methyl sites for hydroxylation is 5. The van der Waals surface area contributed by atoms with E-state index in [2.05, 4.69) is 81.5 Å². The van der Waals surface area contributed by atoms with Crippen LogP contribution in [0.5, 0.6) is 28.7 Å². The van der Waals surface area contributed by atoms with Crippen LogP contribution in [-0.4, -0.2) is 45.0 Å². The highest BCUT2D eigenvalue weighted by Gasteiger charge is 2.21. The fraction of sp³-hybridized carbons (Fsp3) is 0.156. The summed E-state index contributed by atoms with van der Waals surface area (Å²) in [5, 5.41) is 57.6. The molecule has 0 radical (unpaired) electrons. The molecule has 450 valence electrons. The van der Waals surface area contributed by atoms with Crippen LogP contribution in [0.4, 0.5) is 22.7 Å². The number of carbonyl (C=O) groups is 3. The first-order valence-corrected chi connectivity index (χ1v) is 29.7. The highest BCUT2D eigenvalue weighted by Crippen LogP contribution is 2.40. The van der Waals surface area contributed by atoms with Crippen LogP contribution in [0.3, 0.4) is 0 Å². The van der Waals surface area contributed by atoms with Crippen molar-refractivity contribution in [2.24, 2.45) is 10.2 Å². The van der Waals surface area contributed by atoms with Crippen molar-refractivity contribution in [3.63, 3.8) is 0 Å². The van der Waals surface area contributed by atoms with E-state index in [0.29, 0.717) is 39.4 Å². The van der Waals surface area contributed by atoms with Crippen LogP contribution in [0.2, 0.25) is 0 Å². The lowest BCUT2D eigenvalue weighted by Gasteiger charge is -2.16. The molecule has 0 atom stereocenters. The van der Waals surface area contributed by atoms with Gasteiger partial charge in [-0.3, -0.25) is 14.4 Å². The van der Waals surface area contributed by atoms with Crippen molar-refractivity contribution in [3.8, 4) is 28.7 Å². The Morgan fingerprint density at radius 2 is 1.00 bits per heavy atom. The number of carbonyl (C=O) groups excluding carboxylic acids is 3. The maximum Gasteiger partial charge on any atom is 0.259 e. The van der Waals surface area contributed by atoms with Crippen LogP contribution in [-0.2, 0) is 25.7 Å². The average molecular weight is 1180 g/mol. The molecule has 1 amide bonds. The number of methoxy groups -OCH3 is 1. The Balaban J connectivity index is 0.000000154. The fourth-order valence-corrected chi connectivity index (χ4v) is 10.7. The van der Waals surface area contributed by atoms with Crippen molar-refractivity contribution in [2.45, 2.75) is 73.6 Å². The van der Waals surface area contributed by atoms with Gasteiger partial charge in [0.1, 0.15) is 28.6 Å². The predicted octanol–water partition coefficient (Wildman–Crippen LogP) is 18.8. The van der Waals surface area contributed by atoms with E-state index in [1.807, 2.05) is 128 Å². The van der Waals surface area contributed by atoms with Crippen LogP contribution in [0.25, 0.3) is 44.0 Å². The van der Waals surface area contributed by atoms with Gasteiger partial charge in [0.05, 0.1) is 24.0 Å². The van der Waals surface area contributed by atoms with Crippen molar-refractivity contribution >= 4 is 84.2 Å². The van der Waals surface area contributed by atoms with E-state index >= 15 is 0 Å². The Morgan fingerprint density at radius 3 is 1.65 bits per heavy atom. The molecule has 10 aromatic rings. The van der Waals surface area contributed by atoms with Crippen molar-refractivity contribution in [1.82, 2.24) is 0 Å². The van der Waals surface area contributed by atoms with Gasteiger partial charge in [-0.2, -0.15) is 0 Å². The molecule has 12 rings (SSSR count). The van der Waals surface area contributed by atoms with Crippen LogP contribution in [0.1, 0.15) is 111 Å². The molecule has 10 aromatic carbocycles. The first-order chi connectivity index (χ1) is 43.0. The smallest absolute Gasteiger partial charge is 0.259 e. The van der Waals surface area contributed by atoms with Gasteiger partial charge in [-0.1, -0.05) is 199 Å². The number of aromatic hydroxyl groups is 4. The third-order valence-electron chi connectivity index (χ3n) is 15.7. The Morgan fingerprint density at radius 1 is 0.494 bits per heavy atom. The number of amides is 1. The van der Waals surface area contributed by atoms with E-state index in [0.717, 1.165) is 92.4 Å². The zero-order valence-electron chi connectivity index (χ0n) is 51.3. The topological polar surface area (TPSA) is 204 Å². The van der Waals surface area contributed by atoms with Gasteiger partial charge in [-0.05, 0) is 142 Å². The predicted molar refractivity (Wildman–Crippen MR) is 364 cm³/mol. The number of benzene rings is 10. The fourth-order valence-electron chi connectivity index (χ4n) is 10.7. The Labute approximate surface area is 520 Å². The van der Waals surface area contributed by atoms with Gasteiger partial charge in [-0.25, -0.2) is 0 Å². The van der Waals surface area contributed by atoms with Gasteiger partial charge in [0.2, 0.25) is 0 Å². The van der Waals surface area contributed by atoms with E-state index in [1.165, 1.54) is 41.5 Å². The minimum absolute atomic E-state index is 0.0103. The number of ether oxygens (including phenoxy) is 1. The summed E-state index contributed by atoms with van der Waals surface area (Å²) in [6.07, 6.45) is 10.3. The summed E-state index contributed by atoms with van der Waals surface area (Å²) in [5.74, 6) is 0.387. The van der Waals surface area contributed by atoms with Gasteiger partial charge >= 0.3 is 0 Å². The number of nitrogen functional groups attached to an aromatic ring is 1. The lowest BCUT2D eigenvalue weighted by Crippen LogP contribution is -2.12. The number of azo groups is 1. The number of rotatable bonds is 10. The molecule has 0 aromatic heterocycles. The second-order valence-corrected chi connectivity index (χ2v) is 21.1. The van der Waals surface area contributed by atoms with E-state index in [-0.39, 0.29) is 45.8 Å². The van der Waals surface area contributed by atoms with E-state index in [4.69, 9.17) is 10.5 Å². The summed E-state index contributed by atoms with van der Waals surface area (Å²) in [6, 6.07) is 54.2. The van der Waals surface area contributed by atoms with Crippen LogP contribution in [0.15, 0.2) is 223 Å². The highest BCUT2D eigenvalue weighted by atomic mass is 16.5. The molecule has 2 aliphatic rings. The Kier molecular flexibility index (Phi) is 21.3. The van der Waals surface area contributed by atoms with E-state index < -0.39 is 5.91 Å². The molecular weight excluding hydrogens is 1110 g/mol. The number of allylic oxidation sites excluding steroid dienone is 5. The van der Waals surface area contributed by atoms with E-state index in [9.17, 15) is 34.8 Å². The molecule has 0 bridgehead atoms. The first kappa shape index (κ1) is 64.2. The van der Waals surface area contributed by atoms with E-state index in [1.54, 1.807) is 42.5 Å². The molecule has 7 N–H and O–H groups in total. The SMILES string of the molecule is C=C1C=C(CC)c2ccccc2C1=O.C=C1C=Cc2c(CC)cccc2C1=O.CCc1cc(N)c(O)c2ccccc12.CCc1cccc2c(O)c(C)ccc12.CCc1cccc2c(O)c(N=Nc3cccc(C(=O)Nc4ccccc4OC)c3O)ccc12. The molecule has 2 aliphatic carbocycles. The number of hydrogen-bond acceptors (Lipinski definition) is 11. The minimum atomic E-state index is -0.519. The molecule has 0 saturated carbocycles. The number of nitrogens with zero attached hydrogens (tertiary/aromatic N) is 2. The molecule has 0 unspecified atom stereocenters. The van der Waals surface area contributed by atoms with Crippen LogP contribution < -0.4 is 15.8 Å². The van der Waals surface area contributed by atoms with Crippen molar-refractivity contribution in [1.29, 1.82) is 0 Å².